The second-order valence-electron chi connectivity index (χ2n) is 5.94. The lowest BCUT2D eigenvalue weighted by Crippen LogP contribution is -2.35. The topological polar surface area (TPSA) is 73.9 Å². The van der Waals surface area contributed by atoms with Gasteiger partial charge in [-0.25, -0.2) is 4.79 Å². The van der Waals surface area contributed by atoms with Crippen LogP contribution in [0.25, 0.3) is 0 Å². The molecule has 2 aromatic carbocycles. The van der Waals surface area contributed by atoms with E-state index in [0.717, 1.165) is 16.9 Å². The number of carbonyl (C=O) groups excluding carboxylic acids is 2. The summed E-state index contributed by atoms with van der Waals surface area (Å²) in [6.07, 6.45) is -0.0912. The predicted octanol–water partition coefficient (Wildman–Crippen LogP) is 3.34. The molecule has 0 bridgehead atoms. The Kier molecular flexibility index (Phi) is 8.16. The smallest absolute Gasteiger partial charge is 0.407 e. The molecule has 1 amide bonds. The van der Waals surface area contributed by atoms with Gasteiger partial charge in [-0.15, -0.1) is 0 Å². The summed E-state index contributed by atoms with van der Waals surface area (Å²) in [6, 6.07) is 16.9. The highest BCUT2D eigenvalue weighted by Gasteiger charge is 2.21. The van der Waals surface area contributed by atoms with E-state index in [0.29, 0.717) is 13.0 Å². The summed E-state index contributed by atoms with van der Waals surface area (Å²) < 4.78 is 15.4. The van der Waals surface area contributed by atoms with Crippen LogP contribution < -0.4 is 10.1 Å². The molecule has 0 fully saturated rings. The molecule has 0 heterocycles. The Morgan fingerprint density at radius 3 is 2.30 bits per heavy atom. The molecule has 6 nitrogen and oxygen atoms in total. The van der Waals surface area contributed by atoms with E-state index in [-0.39, 0.29) is 19.1 Å². The second kappa shape index (κ2) is 10.9. The van der Waals surface area contributed by atoms with Crippen molar-refractivity contribution in [3.8, 4) is 5.75 Å². The van der Waals surface area contributed by atoms with Crippen LogP contribution in [0, 0.1) is 5.92 Å². The number of rotatable bonds is 9. The van der Waals surface area contributed by atoms with E-state index in [1.165, 1.54) is 0 Å². The monoisotopic (exact) mass is 371 g/mol. The van der Waals surface area contributed by atoms with Crippen LogP contribution in [0.4, 0.5) is 4.79 Å². The molecule has 0 aromatic heterocycles. The largest absolute Gasteiger partial charge is 0.497 e. The maximum atomic E-state index is 12.2. The highest BCUT2D eigenvalue weighted by atomic mass is 16.5. The quantitative estimate of drug-likeness (QED) is 0.685. The van der Waals surface area contributed by atoms with Crippen molar-refractivity contribution in [2.24, 2.45) is 5.92 Å². The minimum atomic E-state index is -0.576. The normalized spacial score (nSPS) is 11.3. The Hall–Kier alpha value is -3.02. The Labute approximate surface area is 159 Å². The van der Waals surface area contributed by atoms with Crippen molar-refractivity contribution in [3.63, 3.8) is 0 Å². The van der Waals surface area contributed by atoms with Gasteiger partial charge in [-0.1, -0.05) is 42.5 Å². The van der Waals surface area contributed by atoms with Crippen LogP contribution in [-0.2, 0) is 27.3 Å². The SMILES string of the molecule is CCOC(=O)[C@@H](CNC(=O)OCc1ccc(OC)cc1)Cc1ccccc1. The first-order valence-corrected chi connectivity index (χ1v) is 8.86. The Morgan fingerprint density at radius 2 is 1.67 bits per heavy atom. The van der Waals surface area contributed by atoms with Crippen LogP contribution in [0.5, 0.6) is 5.75 Å². The van der Waals surface area contributed by atoms with E-state index in [9.17, 15) is 9.59 Å². The number of nitrogens with one attached hydrogen (secondary N) is 1. The first kappa shape index (κ1) is 20.3. The van der Waals surface area contributed by atoms with Crippen molar-refractivity contribution < 1.29 is 23.8 Å². The molecule has 2 rings (SSSR count). The summed E-state index contributed by atoms with van der Waals surface area (Å²) in [5.74, 6) is -0.0703. The summed E-state index contributed by atoms with van der Waals surface area (Å²) in [5, 5.41) is 2.65. The molecule has 0 aliphatic carbocycles. The van der Waals surface area contributed by atoms with Gasteiger partial charge >= 0.3 is 12.1 Å². The zero-order chi connectivity index (χ0) is 19.5. The van der Waals surface area contributed by atoms with Crippen molar-refractivity contribution in [2.75, 3.05) is 20.3 Å². The molecule has 1 N–H and O–H groups in total. The van der Waals surface area contributed by atoms with Gasteiger partial charge < -0.3 is 19.5 Å². The van der Waals surface area contributed by atoms with E-state index in [2.05, 4.69) is 5.32 Å². The standard InChI is InChI=1S/C21H25NO5/c1-3-26-20(23)18(13-16-7-5-4-6-8-16)14-22-21(24)27-15-17-9-11-19(25-2)12-10-17/h4-12,18H,3,13-15H2,1-2H3,(H,22,24)/t18-/m1/s1. The number of hydrogen-bond donors (Lipinski definition) is 1. The van der Waals surface area contributed by atoms with E-state index in [1.54, 1.807) is 26.2 Å². The van der Waals surface area contributed by atoms with Crippen LogP contribution in [-0.4, -0.2) is 32.3 Å². The average Bonchev–Trinajstić information content (AvgIpc) is 2.70. The fourth-order valence-electron chi connectivity index (χ4n) is 2.53. The van der Waals surface area contributed by atoms with Crippen LogP contribution >= 0.6 is 0 Å². The fourth-order valence-corrected chi connectivity index (χ4v) is 2.53. The fraction of sp³-hybridized carbons (Fsp3) is 0.333. The highest BCUT2D eigenvalue weighted by molar-refractivity contribution is 5.74. The third kappa shape index (κ3) is 7.01. The minimum absolute atomic E-state index is 0.137. The van der Waals surface area contributed by atoms with Crippen LogP contribution in [0.2, 0.25) is 0 Å². The van der Waals surface area contributed by atoms with Gasteiger partial charge in [-0.05, 0) is 36.6 Å². The molecule has 0 saturated carbocycles. The Balaban J connectivity index is 1.84. The van der Waals surface area contributed by atoms with Crippen LogP contribution in [0.15, 0.2) is 54.6 Å². The first-order valence-electron chi connectivity index (χ1n) is 8.86. The number of alkyl carbamates (subject to hydrolysis) is 1. The number of carbonyl (C=O) groups is 2. The maximum Gasteiger partial charge on any atom is 0.407 e. The summed E-state index contributed by atoms with van der Waals surface area (Å²) in [5.41, 5.74) is 1.85. The lowest BCUT2D eigenvalue weighted by molar-refractivity contribution is -0.147. The van der Waals surface area contributed by atoms with E-state index in [4.69, 9.17) is 14.2 Å². The molecule has 0 saturated heterocycles. The van der Waals surface area contributed by atoms with Crippen molar-refractivity contribution in [1.29, 1.82) is 0 Å². The van der Waals surface area contributed by atoms with Crippen molar-refractivity contribution in [3.05, 3.63) is 65.7 Å². The lowest BCUT2D eigenvalue weighted by atomic mass is 9.99. The molecule has 1 atom stereocenters. The lowest BCUT2D eigenvalue weighted by Gasteiger charge is -2.16. The van der Waals surface area contributed by atoms with Gasteiger partial charge in [-0.2, -0.15) is 0 Å². The van der Waals surface area contributed by atoms with Gasteiger partial charge in [0.25, 0.3) is 0 Å². The summed E-state index contributed by atoms with van der Waals surface area (Å²) >= 11 is 0. The molecule has 2 aromatic rings. The van der Waals surface area contributed by atoms with Crippen LogP contribution in [0.1, 0.15) is 18.1 Å². The average molecular weight is 371 g/mol. The molecule has 0 unspecified atom stereocenters. The van der Waals surface area contributed by atoms with Crippen molar-refractivity contribution in [2.45, 2.75) is 20.0 Å². The van der Waals surface area contributed by atoms with Gasteiger partial charge in [0.15, 0.2) is 0 Å². The second-order valence-corrected chi connectivity index (χ2v) is 5.94. The molecule has 0 aliphatic heterocycles. The number of esters is 1. The van der Waals surface area contributed by atoms with Gasteiger partial charge in [0.1, 0.15) is 12.4 Å². The first-order chi connectivity index (χ1) is 13.1. The molecule has 0 radical (unpaired) electrons. The molecular formula is C21H25NO5. The minimum Gasteiger partial charge on any atom is -0.497 e. The number of ether oxygens (including phenoxy) is 3. The molecule has 0 aliphatic rings. The van der Waals surface area contributed by atoms with Gasteiger partial charge in [0.2, 0.25) is 0 Å². The Bertz CT molecular complexity index is 715. The van der Waals surface area contributed by atoms with Gasteiger partial charge in [-0.3, -0.25) is 4.79 Å². The third-order valence-corrected chi connectivity index (χ3v) is 3.97. The third-order valence-electron chi connectivity index (χ3n) is 3.97. The molecule has 27 heavy (non-hydrogen) atoms. The number of hydrogen-bond acceptors (Lipinski definition) is 5. The summed E-state index contributed by atoms with van der Waals surface area (Å²) in [4.78, 5) is 24.1. The maximum absolute atomic E-state index is 12.2. The summed E-state index contributed by atoms with van der Waals surface area (Å²) in [6.45, 7) is 2.34. The number of methoxy groups -OCH3 is 1. The molecule has 6 heteroatoms. The zero-order valence-electron chi connectivity index (χ0n) is 15.6. The predicted molar refractivity (Wildman–Crippen MR) is 101 cm³/mol. The van der Waals surface area contributed by atoms with Crippen LogP contribution in [0.3, 0.4) is 0 Å². The van der Waals surface area contributed by atoms with Gasteiger partial charge in [0, 0.05) is 6.54 Å². The van der Waals surface area contributed by atoms with Crippen molar-refractivity contribution >= 4 is 12.1 Å². The highest BCUT2D eigenvalue weighted by Crippen LogP contribution is 2.13. The Morgan fingerprint density at radius 1 is 0.963 bits per heavy atom. The molecular weight excluding hydrogens is 346 g/mol. The van der Waals surface area contributed by atoms with Gasteiger partial charge in [0.05, 0.1) is 19.6 Å². The number of amides is 1. The van der Waals surface area contributed by atoms with E-state index in [1.807, 2.05) is 42.5 Å². The van der Waals surface area contributed by atoms with Crippen molar-refractivity contribution in [1.82, 2.24) is 5.32 Å². The molecule has 144 valence electrons. The molecule has 0 spiro atoms. The number of benzene rings is 2. The van der Waals surface area contributed by atoms with E-state index < -0.39 is 12.0 Å². The van der Waals surface area contributed by atoms with E-state index >= 15 is 0 Å². The zero-order valence-corrected chi connectivity index (χ0v) is 15.6. The summed E-state index contributed by atoms with van der Waals surface area (Å²) in [7, 11) is 1.59.